The molecule has 0 amide bonds. The first-order chi connectivity index (χ1) is 9.82. The second-order valence-electron chi connectivity index (χ2n) is 5.92. The van der Waals surface area contributed by atoms with Gasteiger partial charge in [0.25, 0.3) is 0 Å². The Balaban J connectivity index is 2.18. The normalized spacial score (nSPS) is 18.0. The maximum atomic E-state index is 12.6. The molecule has 1 saturated carbocycles. The summed E-state index contributed by atoms with van der Waals surface area (Å²) in [5.74, 6) is 0. The number of hydrogen-bond donors (Lipinski definition) is 1. The SMILES string of the molecule is CN(C)C1(CN(C)S(=O)(=O)c2ccc(CN)nc2)CCC1. The minimum Gasteiger partial charge on any atom is -0.325 e. The van der Waals surface area contributed by atoms with Crippen LogP contribution in [0.5, 0.6) is 0 Å². The van der Waals surface area contributed by atoms with Crippen molar-refractivity contribution in [3.05, 3.63) is 24.0 Å². The van der Waals surface area contributed by atoms with Crippen LogP contribution in [0.25, 0.3) is 0 Å². The average Bonchev–Trinajstić information content (AvgIpc) is 2.42. The lowest BCUT2D eigenvalue weighted by molar-refractivity contribution is 0.0455. The molecule has 2 N–H and O–H groups in total. The number of hydrogen-bond acceptors (Lipinski definition) is 5. The van der Waals surface area contributed by atoms with Crippen molar-refractivity contribution >= 4 is 10.0 Å². The third-order valence-corrected chi connectivity index (χ3v) is 6.25. The Morgan fingerprint density at radius 1 is 1.29 bits per heavy atom. The molecule has 0 unspecified atom stereocenters. The molecule has 0 aromatic carbocycles. The summed E-state index contributed by atoms with van der Waals surface area (Å²) in [5, 5.41) is 0. The quantitative estimate of drug-likeness (QED) is 0.834. The molecule has 0 bridgehead atoms. The number of pyridine rings is 1. The van der Waals surface area contributed by atoms with E-state index in [1.165, 1.54) is 10.5 Å². The Labute approximate surface area is 127 Å². The maximum Gasteiger partial charge on any atom is 0.244 e. The highest BCUT2D eigenvalue weighted by molar-refractivity contribution is 7.89. The van der Waals surface area contributed by atoms with Gasteiger partial charge in [0.2, 0.25) is 10.0 Å². The molecule has 0 spiro atoms. The fourth-order valence-electron chi connectivity index (χ4n) is 2.70. The Morgan fingerprint density at radius 3 is 2.33 bits per heavy atom. The van der Waals surface area contributed by atoms with E-state index in [0.717, 1.165) is 19.3 Å². The molecule has 0 saturated heterocycles. The van der Waals surface area contributed by atoms with Gasteiger partial charge >= 0.3 is 0 Å². The Bertz CT molecular complexity index is 579. The van der Waals surface area contributed by atoms with Crippen LogP contribution in [-0.2, 0) is 16.6 Å². The number of aromatic nitrogens is 1. The number of nitrogens with two attached hydrogens (primary N) is 1. The van der Waals surface area contributed by atoms with Gasteiger partial charge < -0.3 is 10.6 Å². The first-order valence-electron chi connectivity index (χ1n) is 7.11. The summed E-state index contributed by atoms with van der Waals surface area (Å²) in [6, 6.07) is 3.23. The van der Waals surface area contributed by atoms with Crippen LogP contribution in [0.3, 0.4) is 0 Å². The van der Waals surface area contributed by atoms with E-state index in [2.05, 4.69) is 9.88 Å². The fraction of sp³-hybridized carbons (Fsp3) is 0.643. The Kier molecular flexibility index (Phi) is 4.67. The molecule has 1 aliphatic carbocycles. The molecule has 6 nitrogen and oxygen atoms in total. The molecule has 2 rings (SSSR count). The first kappa shape index (κ1) is 16.4. The zero-order chi connectivity index (χ0) is 15.7. The van der Waals surface area contributed by atoms with Gasteiger partial charge in [-0.2, -0.15) is 4.31 Å². The summed E-state index contributed by atoms with van der Waals surface area (Å²) in [5.41, 5.74) is 6.13. The van der Waals surface area contributed by atoms with Gasteiger partial charge in [-0.25, -0.2) is 8.42 Å². The second-order valence-corrected chi connectivity index (χ2v) is 7.97. The van der Waals surface area contributed by atoms with Crippen molar-refractivity contribution in [2.45, 2.75) is 36.2 Å². The lowest BCUT2D eigenvalue weighted by Crippen LogP contribution is -2.57. The van der Waals surface area contributed by atoms with Crippen LogP contribution >= 0.6 is 0 Å². The van der Waals surface area contributed by atoms with E-state index in [-0.39, 0.29) is 10.4 Å². The van der Waals surface area contributed by atoms with E-state index in [9.17, 15) is 8.42 Å². The smallest absolute Gasteiger partial charge is 0.244 e. The summed E-state index contributed by atoms with van der Waals surface area (Å²) >= 11 is 0. The summed E-state index contributed by atoms with van der Waals surface area (Å²) in [6.07, 6.45) is 4.60. The van der Waals surface area contributed by atoms with Gasteiger partial charge in [-0.15, -0.1) is 0 Å². The molecule has 118 valence electrons. The van der Waals surface area contributed by atoms with Crippen molar-refractivity contribution in [2.75, 3.05) is 27.7 Å². The summed E-state index contributed by atoms with van der Waals surface area (Å²) in [7, 11) is 2.15. The van der Waals surface area contributed by atoms with Crippen molar-refractivity contribution in [1.29, 1.82) is 0 Å². The molecule has 1 heterocycles. The van der Waals surface area contributed by atoms with Gasteiger partial charge in [0.1, 0.15) is 4.90 Å². The molecule has 7 heteroatoms. The minimum absolute atomic E-state index is 0.0353. The average molecular weight is 312 g/mol. The van der Waals surface area contributed by atoms with Crippen LogP contribution < -0.4 is 5.73 Å². The van der Waals surface area contributed by atoms with Crippen LogP contribution in [0.1, 0.15) is 25.0 Å². The second kappa shape index (κ2) is 6.00. The highest BCUT2D eigenvalue weighted by atomic mass is 32.2. The molecule has 1 aromatic heterocycles. The van der Waals surface area contributed by atoms with Crippen molar-refractivity contribution in [1.82, 2.24) is 14.2 Å². The summed E-state index contributed by atoms with van der Waals surface area (Å²) in [6.45, 7) is 0.806. The maximum absolute atomic E-state index is 12.6. The lowest BCUT2D eigenvalue weighted by atomic mass is 9.75. The first-order valence-corrected chi connectivity index (χ1v) is 8.55. The van der Waals surface area contributed by atoms with Gasteiger partial charge in [0.15, 0.2) is 0 Å². The largest absolute Gasteiger partial charge is 0.325 e. The van der Waals surface area contributed by atoms with E-state index in [1.807, 2.05) is 14.1 Å². The van der Waals surface area contributed by atoms with Crippen LogP contribution in [0.2, 0.25) is 0 Å². The zero-order valence-corrected chi connectivity index (χ0v) is 13.7. The molecule has 0 atom stereocenters. The fourth-order valence-corrected chi connectivity index (χ4v) is 3.89. The van der Waals surface area contributed by atoms with Crippen LogP contribution in [0, 0.1) is 0 Å². The van der Waals surface area contributed by atoms with Gasteiger partial charge in [-0.05, 0) is 45.5 Å². The minimum atomic E-state index is -3.50. The van der Waals surface area contributed by atoms with Crippen LogP contribution in [0.4, 0.5) is 0 Å². The van der Waals surface area contributed by atoms with Crippen molar-refractivity contribution in [3.63, 3.8) is 0 Å². The lowest BCUT2D eigenvalue weighted by Gasteiger charge is -2.48. The van der Waals surface area contributed by atoms with Crippen molar-refractivity contribution in [2.24, 2.45) is 5.73 Å². The Morgan fingerprint density at radius 2 is 1.95 bits per heavy atom. The number of likely N-dealkylation sites (N-methyl/N-ethyl adjacent to an activating group) is 2. The third kappa shape index (κ3) is 3.11. The third-order valence-electron chi connectivity index (χ3n) is 4.46. The highest BCUT2D eigenvalue weighted by Gasteiger charge is 2.42. The van der Waals surface area contributed by atoms with Gasteiger partial charge in [-0.3, -0.25) is 4.98 Å². The zero-order valence-electron chi connectivity index (χ0n) is 12.9. The summed E-state index contributed by atoms with van der Waals surface area (Å²) < 4.78 is 26.7. The summed E-state index contributed by atoms with van der Waals surface area (Å²) in [4.78, 5) is 6.43. The van der Waals surface area contributed by atoms with Crippen molar-refractivity contribution < 1.29 is 8.42 Å². The van der Waals surface area contributed by atoms with E-state index in [0.29, 0.717) is 18.8 Å². The molecular weight excluding hydrogens is 288 g/mol. The number of rotatable bonds is 6. The molecule has 21 heavy (non-hydrogen) atoms. The molecule has 1 fully saturated rings. The Hall–Kier alpha value is -1.02. The van der Waals surface area contributed by atoms with E-state index < -0.39 is 10.0 Å². The molecule has 1 aliphatic rings. The van der Waals surface area contributed by atoms with E-state index in [4.69, 9.17) is 5.73 Å². The van der Waals surface area contributed by atoms with Gasteiger partial charge in [-0.1, -0.05) is 0 Å². The van der Waals surface area contributed by atoms with Gasteiger partial charge in [0.05, 0.1) is 5.69 Å². The standard InChI is InChI=1S/C14H24N4O2S/c1-17(2)14(7-4-8-14)11-18(3)21(19,20)13-6-5-12(9-15)16-10-13/h5-6,10H,4,7-9,11,15H2,1-3H3. The van der Waals surface area contributed by atoms with E-state index >= 15 is 0 Å². The van der Waals surface area contributed by atoms with Crippen LogP contribution in [0.15, 0.2) is 23.2 Å². The van der Waals surface area contributed by atoms with Crippen LogP contribution in [-0.4, -0.2) is 55.8 Å². The predicted octanol–water partition coefficient (Wildman–Crippen LogP) is 0.645. The van der Waals surface area contributed by atoms with Crippen molar-refractivity contribution in [3.8, 4) is 0 Å². The highest BCUT2D eigenvalue weighted by Crippen LogP contribution is 2.37. The van der Waals surface area contributed by atoms with E-state index in [1.54, 1.807) is 19.2 Å². The number of nitrogens with zero attached hydrogens (tertiary/aromatic N) is 3. The molecule has 1 aromatic rings. The molecule has 0 radical (unpaired) electrons. The predicted molar refractivity (Wildman–Crippen MR) is 82.2 cm³/mol. The molecular formula is C14H24N4O2S. The topological polar surface area (TPSA) is 79.5 Å². The molecule has 0 aliphatic heterocycles. The van der Waals surface area contributed by atoms with Gasteiger partial charge in [0, 0.05) is 31.9 Å². The monoisotopic (exact) mass is 312 g/mol. The number of sulfonamides is 1.